The average Bonchev–Trinajstić information content (AvgIpc) is 3.19. The molecule has 1 unspecified atom stereocenters. The lowest BCUT2D eigenvalue weighted by atomic mass is 9.91. The third-order valence-electron chi connectivity index (χ3n) is 4.67. The fourth-order valence-electron chi connectivity index (χ4n) is 3.24. The number of nitrogens with one attached hydrogen (secondary N) is 2. The van der Waals surface area contributed by atoms with Gasteiger partial charge in [0.2, 0.25) is 0 Å². The topological polar surface area (TPSA) is 53.9 Å². The summed E-state index contributed by atoms with van der Waals surface area (Å²) in [5.74, 6) is 1.40. The number of likely N-dealkylation sites (tertiary alicyclic amines) is 1. The Hall–Kier alpha value is -1.10. The van der Waals surface area contributed by atoms with Gasteiger partial charge in [-0.25, -0.2) is 0 Å². The Morgan fingerprint density at radius 2 is 1.81 bits per heavy atom. The average molecular weight is 296 g/mol. The number of nitrogens with zero attached hydrogens (tertiary/aromatic N) is 1. The van der Waals surface area contributed by atoms with Crippen LogP contribution in [0.5, 0.6) is 0 Å². The molecule has 1 heterocycles. The van der Waals surface area contributed by atoms with Crippen molar-refractivity contribution in [3.63, 3.8) is 0 Å². The highest BCUT2D eigenvalue weighted by Crippen LogP contribution is 2.21. The second-order valence-corrected chi connectivity index (χ2v) is 7.28. The van der Waals surface area contributed by atoms with Gasteiger partial charge < -0.3 is 15.1 Å². The zero-order valence-corrected chi connectivity index (χ0v) is 13.8. The molecule has 2 aliphatic rings. The quantitative estimate of drug-likeness (QED) is 0.730. The van der Waals surface area contributed by atoms with Crippen LogP contribution in [-0.4, -0.2) is 55.5 Å². The molecule has 2 fully saturated rings. The summed E-state index contributed by atoms with van der Waals surface area (Å²) >= 11 is 0. The molecule has 0 radical (unpaired) electrons. The molecule has 4 atom stereocenters. The van der Waals surface area contributed by atoms with Gasteiger partial charge in [-0.15, -0.1) is 0 Å². The minimum Gasteiger partial charge on any atom is -0.348 e. The molecule has 120 valence electrons. The van der Waals surface area contributed by atoms with Crippen molar-refractivity contribution in [2.75, 3.05) is 26.7 Å². The van der Waals surface area contributed by atoms with Crippen LogP contribution in [0.1, 0.15) is 40.0 Å². The van der Waals surface area contributed by atoms with Crippen LogP contribution in [-0.2, 0) is 9.59 Å². The predicted molar refractivity (Wildman–Crippen MR) is 81.9 cm³/mol. The minimum absolute atomic E-state index is 0.0648. The van der Waals surface area contributed by atoms with Gasteiger partial charge in [-0.3, -0.25) is 9.59 Å². The highest BCUT2D eigenvalue weighted by atomic mass is 16.2. The maximum atomic E-state index is 12.6. The van der Waals surface area contributed by atoms with Crippen LogP contribution in [0.25, 0.3) is 0 Å². The first-order valence-electron chi connectivity index (χ1n) is 8.27. The summed E-state index contributed by atoms with van der Waals surface area (Å²) in [7, 11) is 1.94. The molecule has 1 saturated heterocycles. The third-order valence-corrected chi connectivity index (χ3v) is 4.67. The van der Waals surface area contributed by atoms with Gasteiger partial charge in [0, 0.05) is 19.1 Å². The van der Waals surface area contributed by atoms with E-state index in [1.807, 2.05) is 18.9 Å². The number of quaternary nitrogens is 1. The van der Waals surface area contributed by atoms with Crippen LogP contribution in [0.4, 0.5) is 0 Å². The molecule has 0 spiro atoms. The molecule has 0 aromatic heterocycles. The largest absolute Gasteiger partial charge is 0.348 e. The van der Waals surface area contributed by atoms with Crippen LogP contribution >= 0.6 is 0 Å². The SMILES string of the molecule is C[C@H]1C[C@H](C)CN(C(=O)[C@@H](C)[NH+](C)CC(=O)NC2CC2)C1. The van der Waals surface area contributed by atoms with E-state index in [1.165, 1.54) is 6.42 Å². The van der Waals surface area contributed by atoms with Gasteiger partial charge in [-0.1, -0.05) is 13.8 Å². The highest BCUT2D eigenvalue weighted by molar-refractivity contribution is 5.81. The second kappa shape index (κ2) is 6.77. The van der Waals surface area contributed by atoms with Crippen molar-refractivity contribution in [3.05, 3.63) is 0 Å². The third kappa shape index (κ3) is 4.70. The van der Waals surface area contributed by atoms with Crippen molar-refractivity contribution in [2.24, 2.45) is 11.8 Å². The zero-order chi connectivity index (χ0) is 15.6. The van der Waals surface area contributed by atoms with E-state index < -0.39 is 0 Å². The van der Waals surface area contributed by atoms with E-state index in [-0.39, 0.29) is 17.9 Å². The molecule has 2 rings (SSSR count). The zero-order valence-electron chi connectivity index (χ0n) is 13.8. The fraction of sp³-hybridized carbons (Fsp3) is 0.875. The smallest absolute Gasteiger partial charge is 0.280 e. The van der Waals surface area contributed by atoms with E-state index in [0.717, 1.165) is 30.8 Å². The monoisotopic (exact) mass is 296 g/mol. The van der Waals surface area contributed by atoms with Crippen LogP contribution < -0.4 is 10.2 Å². The van der Waals surface area contributed by atoms with Crippen LogP contribution in [0.15, 0.2) is 0 Å². The molecule has 5 heteroatoms. The van der Waals surface area contributed by atoms with E-state index in [9.17, 15) is 9.59 Å². The Morgan fingerprint density at radius 1 is 1.24 bits per heavy atom. The lowest BCUT2D eigenvalue weighted by Crippen LogP contribution is -3.15. The first kappa shape index (κ1) is 16.3. The Labute approximate surface area is 128 Å². The minimum atomic E-state index is -0.160. The second-order valence-electron chi connectivity index (χ2n) is 7.28. The number of hydrogen-bond acceptors (Lipinski definition) is 2. The summed E-state index contributed by atoms with van der Waals surface area (Å²) in [5.41, 5.74) is 0. The Bertz CT molecular complexity index is 385. The molecule has 1 aliphatic heterocycles. The maximum Gasteiger partial charge on any atom is 0.280 e. The molecule has 2 amide bonds. The number of carbonyl (C=O) groups excluding carboxylic acids is 2. The van der Waals surface area contributed by atoms with Crippen molar-refractivity contribution in [3.8, 4) is 0 Å². The summed E-state index contributed by atoms with van der Waals surface area (Å²) in [6.07, 6.45) is 3.40. The van der Waals surface area contributed by atoms with E-state index in [1.54, 1.807) is 0 Å². The van der Waals surface area contributed by atoms with Gasteiger partial charge in [0.15, 0.2) is 12.6 Å². The summed E-state index contributed by atoms with van der Waals surface area (Å²) in [6, 6.07) is 0.229. The van der Waals surface area contributed by atoms with Crippen molar-refractivity contribution in [2.45, 2.75) is 52.1 Å². The molecule has 1 saturated carbocycles. The predicted octanol–water partition coefficient (Wildman–Crippen LogP) is -0.327. The molecule has 0 bridgehead atoms. The molecule has 1 aliphatic carbocycles. The van der Waals surface area contributed by atoms with Crippen LogP contribution in [0, 0.1) is 11.8 Å². The van der Waals surface area contributed by atoms with Gasteiger partial charge in [0.05, 0.1) is 7.05 Å². The summed E-state index contributed by atoms with van der Waals surface area (Å²) < 4.78 is 0. The van der Waals surface area contributed by atoms with Gasteiger partial charge in [-0.2, -0.15) is 0 Å². The van der Waals surface area contributed by atoms with Crippen LogP contribution in [0.2, 0.25) is 0 Å². The summed E-state index contributed by atoms with van der Waals surface area (Å²) in [4.78, 5) is 27.4. The molecule has 0 aromatic carbocycles. The van der Waals surface area contributed by atoms with Crippen molar-refractivity contribution in [1.29, 1.82) is 0 Å². The first-order valence-corrected chi connectivity index (χ1v) is 8.27. The number of carbonyl (C=O) groups is 2. The van der Waals surface area contributed by atoms with E-state index >= 15 is 0 Å². The molecule has 5 nitrogen and oxygen atoms in total. The molecule has 2 N–H and O–H groups in total. The van der Waals surface area contributed by atoms with E-state index in [4.69, 9.17) is 0 Å². The van der Waals surface area contributed by atoms with Crippen molar-refractivity contribution < 1.29 is 14.5 Å². The van der Waals surface area contributed by atoms with Crippen molar-refractivity contribution >= 4 is 11.8 Å². The highest BCUT2D eigenvalue weighted by Gasteiger charge is 2.33. The van der Waals surface area contributed by atoms with E-state index in [2.05, 4.69) is 19.2 Å². The van der Waals surface area contributed by atoms with Crippen LogP contribution in [0.3, 0.4) is 0 Å². The van der Waals surface area contributed by atoms with Gasteiger partial charge >= 0.3 is 0 Å². The standard InChI is InChI=1S/C16H29N3O2/c1-11-7-12(2)9-19(8-11)16(21)13(3)18(4)10-15(20)17-14-5-6-14/h11-14H,5-10H2,1-4H3,(H,17,20)/p+1/t11-,12-,13+/m0/s1. The number of hydrogen-bond donors (Lipinski definition) is 2. The Balaban J connectivity index is 1.83. The van der Waals surface area contributed by atoms with E-state index in [0.29, 0.717) is 24.4 Å². The number of likely N-dealkylation sites (N-methyl/N-ethyl adjacent to an activating group) is 1. The summed E-state index contributed by atoms with van der Waals surface area (Å²) in [6.45, 7) is 8.44. The molecule has 21 heavy (non-hydrogen) atoms. The van der Waals surface area contributed by atoms with Crippen molar-refractivity contribution in [1.82, 2.24) is 10.2 Å². The number of piperidine rings is 1. The maximum absolute atomic E-state index is 12.6. The van der Waals surface area contributed by atoms with Gasteiger partial charge in [0.25, 0.3) is 11.8 Å². The molecule has 0 aromatic rings. The van der Waals surface area contributed by atoms with Gasteiger partial charge in [0.1, 0.15) is 0 Å². The number of rotatable bonds is 5. The Kier molecular flexibility index (Phi) is 5.25. The summed E-state index contributed by atoms with van der Waals surface area (Å²) in [5, 5.41) is 2.99. The van der Waals surface area contributed by atoms with Gasteiger partial charge in [-0.05, 0) is 38.0 Å². The lowest BCUT2D eigenvalue weighted by molar-refractivity contribution is -0.886. The lowest BCUT2D eigenvalue weighted by Gasteiger charge is -2.36. The normalized spacial score (nSPS) is 28.9. The fourth-order valence-corrected chi connectivity index (χ4v) is 3.24. The first-order chi connectivity index (χ1) is 9.86. The number of amides is 2. The molecular formula is C16H30N3O2+. The molecular weight excluding hydrogens is 266 g/mol. The Morgan fingerprint density at radius 3 is 2.33 bits per heavy atom.